The molecule has 2 aliphatic rings. The highest BCUT2D eigenvalue weighted by atomic mass is 16.2. The van der Waals surface area contributed by atoms with Crippen LogP contribution in [0.1, 0.15) is 12.1 Å². The van der Waals surface area contributed by atoms with E-state index in [4.69, 9.17) is 0 Å². The lowest BCUT2D eigenvalue weighted by Gasteiger charge is -2.35. The molecular weight excluding hydrogens is 278 g/mol. The van der Waals surface area contributed by atoms with Gasteiger partial charge in [0.25, 0.3) is 0 Å². The van der Waals surface area contributed by atoms with Crippen LogP contribution in [0, 0.1) is 6.92 Å². The number of nitrogens with one attached hydrogen (secondary N) is 1. The van der Waals surface area contributed by atoms with E-state index in [1.807, 2.05) is 19.1 Å². The number of pyridine rings is 2. The molecule has 2 amide bonds. The van der Waals surface area contributed by atoms with Crippen LogP contribution in [0.15, 0.2) is 36.7 Å². The van der Waals surface area contributed by atoms with Crippen molar-refractivity contribution in [1.82, 2.24) is 9.97 Å². The molecule has 2 aromatic heterocycles. The van der Waals surface area contributed by atoms with Crippen LogP contribution in [0.5, 0.6) is 0 Å². The number of hydrogen-bond donors (Lipinski definition) is 1. The van der Waals surface area contributed by atoms with E-state index >= 15 is 0 Å². The lowest BCUT2D eigenvalue weighted by atomic mass is 10.2. The first-order valence-electron chi connectivity index (χ1n) is 7.45. The zero-order valence-corrected chi connectivity index (χ0v) is 12.4. The number of anilines is 3. The lowest BCUT2D eigenvalue weighted by molar-refractivity contribution is 0.255. The monoisotopic (exact) mass is 295 g/mol. The fraction of sp³-hybridized carbons (Fsp3) is 0.312. The first-order valence-corrected chi connectivity index (χ1v) is 7.45. The SMILES string of the molecule is Cc1ccc2c(n1)N(C(=O)Nc1cccnc1)[C@H]1CCN2C1. The summed E-state index contributed by atoms with van der Waals surface area (Å²) in [6, 6.07) is 7.73. The molecule has 0 aliphatic carbocycles. The summed E-state index contributed by atoms with van der Waals surface area (Å²) < 4.78 is 0. The fourth-order valence-electron chi connectivity index (χ4n) is 3.19. The molecular formula is C16H17N5O. The Kier molecular flexibility index (Phi) is 2.96. The number of fused-ring (bicyclic) bond motifs is 4. The smallest absolute Gasteiger partial charge is 0.327 e. The molecule has 0 spiro atoms. The van der Waals surface area contributed by atoms with Crippen LogP contribution in [-0.2, 0) is 0 Å². The van der Waals surface area contributed by atoms with E-state index in [0.29, 0.717) is 5.69 Å². The number of amides is 2. The number of hydrogen-bond acceptors (Lipinski definition) is 4. The maximum atomic E-state index is 12.8. The van der Waals surface area contributed by atoms with Gasteiger partial charge < -0.3 is 10.2 Å². The maximum Gasteiger partial charge on any atom is 0.327 e. The van der Waals surface area contributed by atoms with E-state index in [1.54, 1.807) is 23.4 Å². The number of aryl methyl sites for hydroxylation is 1. The molecule has 112 valence electrons. The van der Waals surface area contributed by atoms with Gasteiger partial charge in [0.05, 0.1) is 23.6 Å². The highest BCUT2D eigenvalue weighted by Gasteiger charge is 2.40. The molecule has 2 aliphatic heterocycles. The van der Waals surface area contributed by atoms with Crippen LogP contribution in [0.2, 0.25) is 0 Å². The molecule has 0 unspecified atom stereocenters. The minimum absolute atomic E-state index is 0.140. The molecule has 22 heavy (non-hydrogen) atoms. The van der Waals surface area contributed by atoms with Gasteiger partial charge in [-0.15, -0.1) is 0 Å². The summed E-state index contributed by atoms with van der Waals surface area (Å²) in [4.78, 5) is 25.5. The number of carbonyl (C=O) groups excluding carboxylic acids is 1. The average molecular weight is 295 g/mol. The predicted octanol–water partition coefficient (Wildman–Crippen LogP) is 2.42. The van der Waals surface area contributed by atoms with E-state index in [1.165, 1.54) is 0 Å². The largest absolute Gasteiger partial charge is 0.366 e. The number of nitrogens with zero attached hydrogens (tertiary/aromatic N) is 4. The quantitative estimate of drug-likeness (QED) is 0.877. The second kappa shape index (κ2) is 4.98. The van der Waals surface area contributed by atoms with E-state index in [2.05, 4.69) is 26.3 Å². The van der Waals surface area contributed by atoms with E-state index < -0.39 is 0 Å². The Labute approximate surface area is 128 Å². The first kappa shape index (κ1) is 13.1. The van der Waals surface area contributed by atoms with Gasteiger partial charge in [0.1, 0.15) is 0 Å². The molecule has 2 bridgehead atoms. The van der Waals surface area contributed by atoms with Crippen molar-refractivity contribution in [1.29, 1.82) is 0 Å². The summed E-state index contributed by atoms with van der Waals surface area (Å²) in [5.41, 5.74) is 2.66. The zero-order valence-electron chi connectivity index (χ0n) is 12.4. The fourth-order valence-corrected chi connectivity index (χ4v) is 3.19. The number of aromatic nitrogens is 2. The molecule has 4 heterocycles. The van der Waals surface area contributed by atoms with Crippen molar-refractivity contribution in [3.05, 3.63) is 42.4 Å². The third kappa shape index (κ3) is 2.07. The van der Waals surface area contributed by atoms with Gasteiger partial charge in [-0.05, 0) is 37.6 Å². The molecule has 2 aromatic rings. The molecule has 1 N–H and O–H groups in total. The third-order valence-corrected chi connectivity index (χ3v) is 4.22. The molecule has 0 radical (unpaired) electrons. The normalized spacial score (nSPS) is 19.0. The average Bonchev–Trinajstić information content (AvgIpc) is 2.93. The van der Waals surface area contributed by atoms with Gasteiger partial charge in [0.2, 0.25) is 0 Å². The molecule has 1 fully saturated rings. The Morgan fingerprint density at radius 1 is 1.36 bits per heavy atom. The second-order valence-corrected chi connectivity index (χ2v) is 5.73. The Hall–Kier alpha value is -2.63. The molecule has 0 saturated carbocycles. The Morgan fingerprint density at radius 2 is 2.27 bits per heavy atom. The predicted molar refractivity (Wildman–Crippen MR) is 85.3 cm³/mol. The summed E-state index contributed by atoms with van der Waals surface area (Å²) in [6.45, 7) is 3.79. The topological polar surface area (TPSA) is 61.4 Å². The van der Waals surface area contributed by atoms with E-state index in [9.17, 15) is 4.79 Å². The highest BCUT2D eigenvalue weighted by molar-refractivity contribution is 6.04. The summed E-state index contributed by atoms with van der Waals surface area (Å²) >= 11 is 0. The van der Waals surface area contributed by atoms with Crippen molar-refractivity contribution in [2.45, 2.75) is 19.4 Å². The van der Waals surface area contributed by atoms with Crippen LogP contribution in [0.25, 0.3) is 0 Å². The summed E-state index contributed by atoms with van der Waals surface area (Å²) in [6.07, 6.45) is 4.30. The van der Waals surface area contributed by atoms with Crippen molar-refractivity contribution in [3.8, 4) is 0 Å². The number of rotatable bonds is 1. The molecule has 6 heteroatoms. The Morgan fingerprint density at radius 3 is 3.09 bits per heavy atom. The van der Waals surface area contributed by atoms with Crippen molar-refractivity contribution >= 4 is 23.2 Å². The van der Waals surface area contributed by atoms with Crippen molar-refractivity contribution in [2.75, 3.05) is 28.2 Å². The van der Waals surface area contributed by atoms with Gasteiger partial charge in [-0.3, -0.25) is 9.88 Å². The van der Waals surface area contributed by atoms with Gasteiger partial charge in [0.15, 0.2) is 5.82 Å². The van der Waals surface area contributed by atoms with Crippen LogP contribution < -0.4 is 15.1 Å². The van der Waals surface area contributed by atoms with Crippen molar-refractivity contribution in [3.63, 3.8) is 0 Å². The van der Waals surface area contributed by atoms with Gasteiger partial charge in [-0.25, -0.2) is 9.78 Å². The lowest BCUT2D eigenvalue weighted by Crippen LogP contribution is -2.48. The van der Waals surface area contributed by atoms with Gasteiger partial charge in [0, 0.05) is 25.0 Å². The zero-order chi connectivity index (χ0) is 15.1. The number of urea groups is 1. The number of carbonyl (C=O) groups is 1. The molecule has 0 aromatic carbocycles. The van der Waals surface area contributed by atoms with Crippen molar-refractivity contribution in [2.24, 2.45) is 0 Å². The summed E-state index contributed by atoms with van der Waals surface area (Å²) in [5, 5.41) is 2.92. The van der Waals surface area contributed by atoms with Crippen LogP contribution >= 0.6 is 0 Å². The minimum atomic E-state index is -0.140. The Bertz CT molecular complexity index is 718. The van der Waals surface area contributed by atoms with Crippen LogP contribution in [-0.4, -0.2) is 35.1 Å². The maximum absolute atomic E-state index is 12.8. The summed E-state index contributed by atoms with van der Waals surface area (Å²) in [5.74, 6) is 0.759. The molecule has 1 saturated heterocycles. The molecule has 1 atom stereocenters. The van der Waals surface area contributed by atoms with Gasteiger partial charge >= 0.3 is 6.03 Å². The van der Waals surface area contributed by atoms with Gasteiger partial charge in [-0.2, -0.15) is 0 Å². The highest BCUT2D eigenvalue weighted by Crippen LogP contribution is 2.38. The third-order valence-electron chi connectivity index (χ3n) is 4.22. The van der Waals surface area contributed by atoms with Gasteiger partial charge in [-0.1, -0.05) is 0 Å². The van der Waals surface area contributed by atoms with Crippen LogP contribution in [0.3, 0.4) is 0 Å². The Balaban J connectivity index is 1.69. The van der Waals surface area contributed by atoms with E-state index in [0.717, 1.165) is 36.7 Å². The second-order valence-electron chi connectivity index (χ2n) is 5.73. The minimum Gasteiger partial charge on any atom is -0.366 e. The standard InChI is InChI=1S/C16H17N5O/c1-11-4-5-14-15(18-11)21(13-6-8-20(14)10-13)16(22)19-12-3-2-7-17-9-12/h2-5,7,9,13H,6,8,10H2,1H3,(H,19,22)/t13-/m0/s1. The molecule has 6 nitrogen and oxygen atoms in total. The first-order chi connectivity index (χ1) is 10.7. The van der Waals surface area contributed by atoms with Crippen molar-refractivity contribution < 1.29 is 4.79 Å². The summed E-state index contributed by atoms with van der Waals surface area (Å²) in [7, 11) is 0. The van der Waals surface area contributed by atoms with E-state index in [-0.39, 0.29) is 12.1 Å². The molecule has 4 rings (SSSR count). The van der Waals surface area contributed by atoms with Crippen LogP contribution in [0.4, 0.5) is 22.0 Å².